The molecule has 1 atom stereocenters. The highest BCUT2D eigenvalue weighted by Gasteiger charge is 2.32. The summed E-state index contributed by atoms with van der Waals surface area (Å²) in [7, 11) is 4.11. The second-order valence-corrected chi connectivity index (χ2v) is 9.53. The normalized spacial score (nSPS) is 16.7. The van der Waals surface area contributed by atoms with Crippen LogP contribution < -0.4 is 15.0 Å². The van der Waals surface area contributed by atoms with Crippen LogP contribution in [0.5, 0.6) is 5.75 Å². The topological polar surface area (TPSA) is 24.5 Å². The van der Waals surface area contributed by atoms with Crippen LogP contribution in [0.25, 0.3) is 0 Å². The van der Waals surface area contributed by atoms with Gasteiger partial charge >= 0.3 is 0 Å². The first-order chi connectivity index (χ1) is 12.0. The van der Waals surface area contributed by atoms with Gasteiger partial charge < -0.3 is 15.0 Å². The molecule has 2 aromatic rings. The van der Waals surface area contributed by atoms with Crippen molar-refractivity contribution in [2.24, 2.45) is 0 Å². The van der Waals surface area contributed by atoms with Crippen LogP contribution >= 0.6 is 0 Å². The Kier molecular flexibility index (Phi) is 4.46. The minimum atomic E-state index is -0.141. The van der Waals surface area contributed by atoms with Gasteiger partial charge in [-0.25, -0.2) is 0 Å². The van der Waals surface area contributed by atoms with Crippen LogP contribution in [-0.2, 0) is 10.8 Å². The van der Waals surface area contributed by atoms with E-state index in [0.717, 1.165) is 17.0 Å². The zero-order valence-corrected chi connectivity index (χ0v) is 17.4. The molecule has 0 saturated carbocycles. The molecule has 0 spiro atoms. The molecule has 26 heavy (non-hydrogen) atoms. The van der Waals surface area contributed by atoms with E-state index in [1.807, 2.05) is 0 Å². The summed E-state index contributed by atoms with van der Waals surface area (Å²) in [6, 6.07) is 13.1. The fourth-order valence-corrected chi connectivity index (χ4v) is 3.24. The molecule has 3 nitrogen and oxygen atoms in total. The third-order valence-corrected chi connectivity index (χ3v) is 5.00. The molecular formula is C23H32N2O. The van der Waals surface area contributed by atoms with Gasteiger partial charge in [-0.2, -0.15) is 0 Å². The summed E-state index contributed by atoms with van der Waals surface area (Å²) in [5.41, 5.74) is 6.15. The Morgan fingerprint density at radius 3 is 2.00 bits per heavy atom. The summed E-state index contributed by atoms with van der Waals surface area (Å²) >= 11 is 0. The van der Waals surface area contributed by atoms with Gasteiger partial charge in [0, 0.05) is 30.9 Å². The largest absolute Gasteiger partial charge is 0.464 e. The molecule has 0 saturated heterocycles. The predicted octanol–water partition coefficient (Wildman–Crippen LogP) is 5.85. The molecular weight excluding hydrogens is 320 g/mol. The Balaban J connectivity index is 1.99. The molecule has 2 aromatic carbocycles. The van der Waals surface area contributed by atoms with E-state index in [9.17, 15) is 0 Å². The quantitative estimate of drug-likeness (QED) is 0.733. The number of nitrogens with one attached hydrogen (secondary N) is 1. The van der Waals surface area contributed by atoms with Crippen LogP contribution in [0.1, 0.15) is 64.5 Å². The number of benzene rings is 2. The number of nitrogens with zero attached hydrogens (tertiary/aromatic N) is 1. The maximum absolute atomic E-state index is 6.39. The van der Waals surface area contributed by atoms with E-state index in [0.29, 0.717) is 0 Å². The van der Waals surface area contributed by atoms with E-state index in [2.05, 4.69) is 102 Å². The third kappa shape index (κ3) is 3.53. The smallest absolute Gasteiger partial charge is 0.196 e. The molecule has 3 rings (SSSR count). The lowest BCUT2D eigenvalue weighted by Gasteiger charge is -2.26. The second-order valence-electron chi connectivity index (χ2n) is 9.53. The second kappa shape index (κ2) is 6.22. The van der Waals surface area contributed by atoms with Crippen molar-refractivity contribution in [3.8, 4) is 5.75 Å². The first-order valence-electron chi connectivity index (χ1n) is 9.36. The van der Waals surface area contributed by atoms with Gasteiger partial charge in [0.15, 0.2) is 6.23 Å². The fraction of sp³-hybridized carbons (Fsp3) is 0.478. The number of hydrogen-bond donors (Lipinski definition) is 1. The SMILES string of the molecule is CN(C)c1ccc([C@@H]2Nc3cc(C(C)(C)C)cc(C(C)(C)C)c3O2)cc1. The number of anilines is 2. The lowest BCUT2D eigenvalue weighted by molar-refractivity contribution is 0.254. The zero-order valence-electron chi connectivity index (χ0n) is 17.4. The summed E-state index contributed by atoms with van der Waals surface area (Å²) in [6.07, 6.45) is -0.141. The van der Waals surface area contributed by atoms with Crippen molar-refractivity contribution >= 4 is 11.4 Å². The molecule has 1 aliphatic heterocycles. The van der Waals surface area contributed by atoms with Crippen molar-refractivity contribution in [2.75, 3.05) is 24.3 Å². The highest BCUT2D eigenvalue weighted by Crippen LogP contribution is 2.47. The molecule has 3 heteroatoms. The zero-order chi connectivity index (χ0) is 19.3. The summed E-state index contributed by atoms with van der Waals surface area (Å²) in [4.78, 5) is 2.11. The van der Waals surface area contributed by atoms with Crippen LogP contribution in [0, 0.1) is 0 Å². The van der Waals surface area contributed by atoms with Crippen molar-refractivity contribution in [1.82, 2.24) is 0 Å². The van der Waals surface area contributed by atoms with E-state index >= 15 is 0 Å². The van der Waals surface area contributed by atoms with Crippen molar-refractivity contribution in [3.63, 3.8) is 0 Å². The van der Waals surface area contributed by atoms with E-state index in [1.165, 1.54) is 16.8 Å². The lowest BCUT2D eigenvalue weighted by Crippen LogP contribution is -2.17. The third-order valence-electron chi connectivity index (χ3n) is 5.00. The van der Waals surface area contributed by atoms with E-state index in [4.69, 9.17) is 4.74 Å². The average molecular weight is 353 g/mol. The van der Waals surface area contributed by atoms with Crippen molar-refractivity contribution in [1.29, 1.82) is 0 Å². The standard InChI is InChI=1S/C23H32N2O/c1-22(2,3)16-13-18(23(4,5)6)20-19(14-16)24-21(26-20)15-9-11-17(12-10-15)25(7)8/h9-14,21,24H,1-8H3/t21-/m1/s1. The van der Waals surface area contributed by atoms with E-state index in [1.54, 1.807) is 0 Å². The highest BCUT2D eigenvalue weighted by atomic mass is 16.5. The average Bonchev–Trinajstić information content (AvgIpc) is 2.96. The van der Waals surface area contributed by atoms with Gasteiger partial charge in [-0.3, -0.25) is 0 Å². The molecule has 1 aliphatic rings. The molecule has 0 radical (unpaired) electrons. The van der Waals surface area contributed by atoms with Crippen molar-refractivity contribution in [3.05, 3.63) is 53.1 Å². The highest BCUT2D eigenvalue weighted by molar-refractivity contribution is 5.68. The molecule has 1 heterocycles. The molecule has 0 aliphatic carbocycles. The summed E-state index contributed by atoms with van der Waals surface area (Å²) in [5.74, 6) is 0.993. The minimum absolute atomic E-state index is 0.0245. The van der Waals surface area contributed by atoms with Crippen LogP contribution in [0.4, 0.5) is 11.4 Å². The van der Waals surface area contributed by atoms with Crippen molar-refractivity contribution in [2.45, 2.75) is 58.6 Å². The minimum Gasteiger partial charge on any atom is -0.464 e. The molecule has 0 bridgehead atoms. The first-order valence-corrected chi connectivity index (χ1v) is 9.36. The summed E-state index contributed by atoms with van der Waals surface area (Å²) < 4.78 is 6.39. The van der Waals surface area contributed by atoms with E-state index in [-0.39, 0.29) is 17.1 Å². The fourth-order valence-electron chi connectivity index (χ4n) is 3.24. The van der Waals surface area contributed by atoms with Gasteiger partial charge in [0.05, 0.1) is 5.69 Å². The predicted molar refractivity (Wildman–Crippen MR) is 112 cm³/mol. The Hall–Kier alpha value is -2.16. The Morgan fingerprint density at radius 2 is 1.50 bits per heavy atom. The van der Waals surface area contributed by atoms with Gasteiger partial charge in [0.2, 0.25) is 0 Å². The van der Waals surface area contributed by atoms with Crippen molar-refractivity contribution < 1.29 is 4.74 Å². The molecule has 0 fully saturated rings. The number of ether oxygens (including phenoxy) is 1. The maximum Gasteiger partial charge on any atom is 0.196 e. The molecule has 0 aromatic heterocycles. The van der Waals surface area contributed by atoms with Crippen LogP contribution in [0.15, 0.2) is 36.4 Å². The Morgan fingerprint density at radius 1 is 0.885 bits per heavy atom. The molecule has 140 valence electrons. The van der Waals surface area contributed by atoms with E-state index < -0.39 is 0 Å². The Bertz CT molecular complexity index is 793. The maximum atomic E-state index is 6.39. The monoisotopic (exact) mass is 352 g/mol. The lowest BCUT2D eigenvalue weighted by atomic mass is 9.80. The van der Waals surface area contributed by atoms with Gasteiger partial charge in [-0.05, 0) is 34.6 Å². The van der Waals surface area contributed by atoms with Gasteiger partial charge in [-0.15, -0.1) is 0 Å². The van der Waals surface area contributed by atoms with Gasteiger partial charge in [0.25, 0.3) is 0 Å². The molecule has 1 N–H and O–H groups in total. The Labute approximate surface area is 158 Å². The molecule has 0 amide bonds. The number of hydrogen-bond acceptors (Lipinski definition) is 3. The summed E-state index contributed by atoms with van der Waals surface area (Å²) in [5, 5.41) is 3.59. The van der Waals surface area contributed by atoms with Gasteiger partial charge in [0.1, 0.15) is 5.75 Å². The van der Waals surface area contributed by atoms with Gasteiger partial charge in [-0.1, -0.05) is 59.7 Å². The van der Waals surface area contributed by atoms with Crippen LogP contribution in [-0.4, -0.2) is 14.1 Å². The number of rotatable bonds is 2. The van der Waals surface area contributed by atoms with Crippen LogP contribution in [0.3, 0.4) is 0 Å². The first kappa shape index (κ1) is 18.6. The summed E-state index contributed by atoms with van der Waals surface area (Å²) in [6.45, 7) is 13.5. The number of fused-ring (bicyclic) bond motifs is 1. The molecule has 0 unspecified atom stereocenters. The van der Waals surface area contributed by atoms with Crippen LogP contribution in [0.2, 0.25) is 0 Å².